The molecule has 1 heterocycles. The minimum Gasteiger partial charge on any atom is -0.497 e. The zero-order valence-corrected chi connectivity index (χ0v) is 15.8. The second-order valence-electron chi connectivity index (χ2n) is 6.43. The first-order valence-corrected chi connectivity index (χ1v) is 8.11. The van der Waals surface area contributed by atoms with Gasteiger partial charge in [-0.05, 0) is 24.3 Å². The van der Waals surface area contributed by atoms with E-state index in [0.29, 0.717) is 12.1 Å². The predicted molar refractivity (Wildman–Crippen MR) is 79.2 cm³/mol. The highest BCUT2D eigenvalue weighted by molar-refractivity contribution is 5.98. The molecule has 0 spiro atoms. The van der Waals surface area contributed by atoms with Crippen LogP contribution in [-0.4, -0.2) is 60.1 Å². The second-order valence-corrected chi connectivity index (χ2v) is 6.43. The highest BCUT2D eigenvalue weighted by atomic mass is 19.4. The number of alkyl halides is 14. The standard InChI is InChI=1S/C15H8F14N2O3/c1-33-7-4-2-6(3-5-7)30-8(32)9(16,10(17,18)19)11(20,21)31-12(22,23)14(26,27)34-15(28,29)13(31,24)25/h2-5H,1H3,(H,30,32)/t9-/m1/s1. The Labute approximate surface area is 178 Å². The Morgan fingerprint density at radius 1 is 0.853 bits per heavy atom. The summed E-state index contributed by atoms with van der Waals surface area (Å²) in [6.45, 7) is 0. The number of nitrogens with one attached hydrogen (secondary N) is 1. The third-order valence-electron chi connectivity index (χ3n) is 4.27. The lowest BCUT2D eigenvalue weighted by atomic mass is 9.98. The fraction of sp³-hybridized carbons (Fsp3) is 0.533. The summed E-state index contributed by atoms with van der Waals surface area (Å²) in [6.07, 6.45) is -21.4. The van der Waals surface area contributed by atoms with E-state index in [1.807, 2.05) is 4.74 Å². The first kappa shape index (κ1) is 27.7. The minimum atomic E-state index is -7.80. The van der Waals surface area contributed by atoms with Crippen molar-refractivity contribution in [2.24, 2.45) is 0 Å². The maximum Gasteiger partial charge on any atom is 0.439 e. The molecule has 1 aromatic rings. The Morgan fingerprint density at radius 3 is 1.62 bits per heavy atom. The van der Waals surface area contributed by atoms with Crippen molar-refractivity contribution in [3.05, 3.63) is 24.3 Å². The molecule has 1 amide bonds. The van der Waals surface area contributed by atoms with Crippen LogP contribution in [0.1, 0.15) is 0 Å². The molecule has 5 nitrogen and oxygen atoms in total. The van der Waals surface area contributed by atoms with E-state index in [-0.39, 0.29) is 5.75 Å². The Bertz CT molecular complexity index is 907. The second kappa shape index (κ2) is 7.72. The summed E-state index contributed by atoms with van der Waals surface area (Å²) in [5.41, 5.74) is -8.21. The molecule has 1 aliphatic heterocycles. The maximum atomic E-state index is 14.7. The van der Waals surface area contributed by atoms with Crippen LogP contribution < -0.4 is 10.1 Å². The summed E-state index contributed by atoms with van der Waals surface area (Å²) in [7, 11) is 1.07. The minimum absolute atomic E-state index is 0.0669. The summed E-state index contributed by atoms with van der Waals surface area (Å²) >= 11 is 0. The smallest absolute Gasteiger partial charge is 0.439 e. The summed E-state index contributed by atoms with van der Waals surface area (Å²) in [5.74, 6) is -3.76. The lowest BCUT2D eigenvalue weighted by Crippen LogP contribution is -2.82. The first-order valence-electron chi connectivity index (χ1n) is 8.11. The number of carbonyl (C=O) groups is 1. The molecule has 34 heavy (non-hydrogen) atoms. The monoisotopic (exact) mass is 530 g/mol. The Balaban J connectivity index is 2.71. The van der Waals surface area contributed by atoms with E-state index in [2.05, 4.69) is 4.74 Å². The lowest BCUT2D eigenvalue weighted by Gasteiger charge is -2.51. The molecular weight excluding hydrogens is 522 g/mol. The zero-order chi connectivity index (χ0) is 26.8. The molecule has 19 heteroatoms. The van der Waals surface area contributed by atoms with Crippen LogP contribution in [0.3, 0.4) is 0 Å². The molecule has 0 unspecified atom stereocenters. The number of methoxy groups -OCH3 is 1. The molecule has 2 rings (SSSR count). The van der Waals surface area contributed by atoms with Crippen molar-refractivity contribution in [3.63, 3.8) is 0 Å². The van der Waals surface area contributed by atoms with Gasteiger partial charge in [-0.3, -0.25) is 4.79 Å². The van der Waals surface area contributed by atoms with Crippen LogP contribution >= 0.6 is 0 Å². The molecule has 0 radical (unpaired) electrons. The van der Waals surface area contributed by atoms with Crippen LogP contribution in [0.15, 0.2) is 24.3 Å². The average molecular weight is 530 g/mol. The molecule has 1 aliphatic rings. The van der Waals surface area contributed by atoms with E-state index in [1.165, 1.54) is 0 Å². The fourth-order valence-corrected chi connectivity index (χ4v) is 2.55. The number of ether oxygens (including phenoxy) is 2. The summed E-state index contributed by atoms with van der Waals surface area (Å²) in [4.78, 5) is 7.80. The molecule has 0 bridgehead atoms. The lowest BCUT2D eigenvalue weighted by molar-refractivity contribution is -0.592. The van der Waals surface area contributed by atoms with Gasteiger partial charge >= 0.3 is 42.2 Å². The number of benzene rings is 1. The number of morpholine rings is 1. The molecule has 0 saturated carbocycles. The number of halogens is 14. The average Bonchev–Trinajstić information content (AvgIpc) is 2.64. The van der Waals surface area contributed by atoms with Crippen LogP contribution in [0.25, 0.3) is 0 Å². The number of nitrogens with zero attached hydrogens (tertiary/aromatic N) is 1. The largest absolute Gasteiger partial charge is 0.497 e. The van der Waals surface area contributed by atoms with Crippen LogP contribution in [-0.2, 0) is 9.53 Å². The van der Waals surface area contributed by atoms with Crippen LogP contribution in [0.2, 0.25) is 0 Å². The summed E-state index contributed by atoms with van der Waals surface area (Å²) in [5, 5.41) is 0.790. The van der Waals surface area contributed by atoms with Gasteiger partial charge in [0.05, 0.1) is 7.11 Å². The molecular formula is C15H8F14N2O3. The third-order valence-corrected chi connectivity index (χ3v) is 4.27. The number of carbonyl (C=O) groups excluding carboxylic acids is 1. The molecule has 0 aliphatic carbocycles. The van der Waals surface area contributed by atoms with E-state index in [0.717, 1.165) is 24.6 Å². The topological polar surface area (TPSA) is 50.8 Å². The van der Waals surface area contributed by atoms with E-state index in [1.54, 1.807) is 0 Å². The highest BCUT2D eigenvalue weighted by Gasteiger charge is 2.92. The van der Waals surface area contributed by atoms with Gasteiger partial charge in [0.25, 0.3) is 5.91 Å². The van der Waals surface area contributed by atoms with Gasteiger partial charge in [0, 0.05) is 5.69 Å². The first-order chi connectivity index (χ1) is 15.0. The van der Waals surface area contributed by atoms with Gasteiger partial charge in [-0.15, -0.1) is 4.90 Å². The van der Waals surface area contributed by atoms with Crippen molar-refractivity contribution in [3.8, 4) is 5.75 Å². The Kier molecular flexibility index (Phi) is 6.28. The van der Waals surface area contributed by atoms with Crippen LogP contribution in [0.4, 0.5) is 67.2 Å². The number of amides is 1. The van der Waals surface area contributed by atoms with Gasteiger partial charge in [0.15, 0.2) is 0 Å². The highest BCUT2D eigenvalue weighted by Crippen LogP contribution is 2.62. The van der Waals surface area contributed by atoms with Gasteiger partial charge in [-0.25, -0.2) is 9.13 Å². The van der Waals surface area contributed by atoms with Gasteiger partial charge in [0.1, 0.15) is 5.75 Å². The quantitative estimate of drug-likeness (QED) is 0.420. The molecule has 194 valence electrons. The number of rotatable bonds is 5. The van der Waals surface area contributed by atoms with Crippen molar-refractivity contribution in [2.75, 3.05) is 12.4 Å². The normalized spacial score (nSPS) is 23.6. The number of hydrogen-bond acceptors (Lipinski definition) is 4. The molecule has 1 saturated heterocycles. The summed E-state index contributed by atoms with van der Waals surface area (Å²) < 4.78 is 198. The van der Waals surface area contributed by atoms with Crippen LogP contribution in [0.5, 0.6) is 5.75 Å². The molecule has 1 atom stereocenters. The maximum absolute atomic E-state index is 14.7. The van der Waals surface area contributed by atoms with Crippen molar-refractivity contribution >= 4 is 11.6 Å². The predicted octanol–water partition coefficient (Wildman–Crippen LogP) is 5.20. The van der Waals surface area contributed by atoms with Crippen LogP contribution in [0, 0.1) is 0 Å². The SMILES string of the molecule is COc1ccc(NC(=O)[C@@](F)(C(F)(F)F)C(F)(F)N2C(F)(F)C(F)(F)OC(F)(F)C2(F)F)cc1. The van der Waals surface area contributed by atoms with Gasteiger partial charge in [-0.1, -0.05) is 0 Å². The molecule has 0 aromatic heterocycles. The van der Waals surface area contributed by atoms with E-state index >= 15 is 0 Å². The number of hydrogen-bond donors (Lipinski definition) is 1. The third kappa shape index (κ3) is 3.77. The number of anilines is 1. The Hall–Kier alpha value is -2.57. The van der Waals surface area contributed by atoms with Crippen molar-refractivity contribution in [2.45, 2.75) is 42.2 Å². The van der Waals surface area contributed by atoms with Crippen molar-refractivity contribution in [1.82, 2.24) is 4.90 Å². The van der Waals surface area contributed by atoms with E-state index < -0.39 is 58.7 Å². The van der Waals surface area contributed by atoms with Crippen molar-refractivity contribution in [1.29, 1.82) is 0 Å². The fourth-order valence-electron chi connectivity index (χ4n) is 2.55. The van der Waals surface area contributed by atoms with Gasteiger partial charge in [-0.2, -0.15) is 57.1 Å². The molecule has 1 aromatic carbocycles. The van der Waals surface area contributed by atoms with E-state index in [9.17, 15) is 66.3 Å². The zero-order valence-electron chi connectivity index (χ0n) is 15.8. The van der Waals surface area contributed by atoms with Gasteiger partial charge in [0.2, 0.25) is 0 Å². The van der Waals surface area contributed by atoms with Gasteiger partial charge < -0.3 is 10.1 Å². The van der Waals surface area contributed by atoms with Crippen molar-refractivity contribution < 1.29 is 75.7 Å². The molecule has 1 fully saturated rings. The summed E-state index contributed by atoms with van der Waals surface area (Å²) in [6, 6.07) is -19.8. The Morgan fingerprint density at radius 2 is 1.26 bits per heavy atom. The molecule has 1 N–H and O–H groups in total. The van der Waals surface area contributed by atoms with E-state index in [4.69, 9.17) is 0 Å².